The van der Waals surface area contributed by atoms with E-state index in [2.05, 4.69) is 17.1 Å². The number of carbonyl (C=O) groups excluding carboxylic acids is 2. The Hall–Kier alpha value is -2.89. The molecule has 1 heterocycles. The van der Waals surface area contributed by atoms with Gasteiger partial charge in [0.25, 0.3) is 11.8 Å². The zero-order valence-electron chi connectivity index (χ0n) is 16.9. The Balaban J connectivity index is 1.52. The van der Waals surface area contributed by atoms with Gasteiger partial charge in [-0.25, -0.2) is 4.39 Å². The molecule has 1 saturated heterocycles. The molecule has 0 aliphatic carbocycles. The summed E-state index contributed by atoms with van der Waals surface area (Å²) in [6.45, 7) is 5.42. The minimum atomic E-state index is -0.249. The quantitative estimate of drug-likeness (QED) is 0.725. The number of amides is 2. The Morgan fingerprint density at radius 1 is 0.897 bits per heavy atom. The lowest BCUT2D eigenvalue weighted by Gasteiger charge is -2.36. The molecule has 5 nitrogen and oxygen atoms in total. The monoisotopic (exact) mass is 397 g/mol. The van der Waals surface area contributed by atoms with Gasteiger partial charge in [-0.1, -0.05) is 19.8 Å². The van der Waals surface area contributed by atoms with Crippen LogP contribution in [0.4, 0.5) is 10.1 Å². The fourth-order valence-corrected chi connectivity index (χ4v) is 3.45. The molecule has 2 aromatic rings. The van der Waals surface area contributed by atoms with E-state index < -0.39 is 0 Å². The van der Waals surface area contributed by atoms with Crippen LogP contribution in [0.5, 0.6) is 0 Å². The number of hydrogen-bond acceptors (Lipinski definition) is 3. The van der Waals surface area contributed by atoms with Crippen LogP contribution >= 0.6 is 0 Å². The first kappa shape index (κ1) is 20.8. The van der Waals surface area contributed by atoms with E-state index in [1.54, 1.807) is 36.4 Å². The fourth-order valence-electron chi connectivity index (χ4n) is 3.45. The largest absolute Gasteiger partial charge is 0.368 e. The second-order valence-electron chi connectivity index (χ2n) is 7.30. The van der Waals surface area contributed by atoms with Crippen LogP contribution in [0.15, 0.2) is 48.5 Å². The molecular formula is C23H28FN3O2. The normalized spacial score (nSPS) is 14.0. The first-order valence-electron chi connectivity index (χ1n) is 10.3. The van der Waals surface area contributed by atoms with Gasteiger partial charge in [0, 0.05) is 49.5 Å². The molecule has 3 rings (SSSR count). The van der Waals surface area contributed by atoms with Crippen LogP contribution in [-0.2, 0) is 0 Å². The third kappa shape index (κ3) is 5.56. The first-order chi connectivity index (χ1) is 14.1. The molecule has 0 atom stereocenters. The van der Waals surface area contributed by atoms with Crippen LogP contribution in [0.3, 0.4) is 0 Å². The molecule has 0 aromatic heterocycles. The van der Waals surface area contributed by atoms with Gasteiger partial charge in [0.1, 0.15) is 5.82 Å². The molecular weight excluding hydrogens is 369 g/mol. The highest BCUT2D eigenvalue weighted by molar-refractivity contribution is 5.97. The smallest absolute Gasteiger partial charge is 0.253 e. The number of nitrogens with zero attached hydrogens (tertiary/aromatic N) is 2. The SMILES string of the molecule is CCCCCNC(=O)c1ccc(C(=O)N2CCN(c3ccc(F)cc3)CC2)cc1. The number of anilines is 1. The minimum absolute atomic E-state index is 0.0290. The summed E-state index contributed by atoms with van der Waals surface area (Å²) >= 11 is 0. The average Bonchev–Trinajstić information content (AvgIpc) is 2.77. The molecule has 2 amide bonds. The highest BCUT2D eigenvalue weighted by Gasteiger charge is 2.22. The molecule has 154 valence electrons. The second kappa shape index (κ2) is 10.0. The summed E-state index contributed by atoms with van der Waals surface area (Å²) in [6.07, 6.45) is 3.19. The molecule has 6 heteroatoms. The van der Waals surface area contributed by atoms with Crippen LogP contribution in [-0.4, -0.2) is 49.4 Å². The number of carbonyl (C=O) groups is 2. The lowest BCUT2D eigenvalue weighted by molar-refractivity contribution is 0.0746. The lowest BCUT2D eigenvalue weighted by atomic mass is 10.1. The highest BCUT2D eigenvalue weighted by atomic mass is 19.1. The Labute approximate surface area is 171 Å². The van der Waals surface area contributed by atoms with Crippen molar-refractivity contribution < 1.29 is 14.0 Å². The van der Waals surface area contributed by atoms with E-state index in [-0.39, 0.29) is 17.6 Å². The number of benzene rings is 2. The van der Waals surface area contributed by atoms with Gasteiger partial charge in [0.15, 0.2) is 0 Å². The molecule has 0 radical (unpaired) electrons. The van der Waals surface area contributed by atoms with Crippen molar-refractivity contribution >= 4 is 17.5 Å². The van der Waals surface area contributed by atoms with Gasteiger partial charge in [-0.15, -0.1) is 0 Å². The topological polar surface area (TPSA) is 52.7 Å². The Morgan fingerprint density at radius 2 is 1.52 bits per heavy atom. The van der Waals surface area contributed by atoms with E-state index in [4.69, 9.17) is 0 Å². The van der Waals surface area contributed by atoms with Gasteiger partial charge < -0.3 is 15.1 Å². The van der Waals surface area contributed by atoms with E-state index in [9.17, 15) is 14.0 Å². The fraction of sp³-hybridized carbons (Fsp3) is 0.391. The Morgan fingerprint density at radius 3 is 2.14 bits per heavy atom. The van der Waals surface area contributed by atoms with Gasteiger partial charge in [0.05, 0.1) is 0 Å². The van der Waals surface area contributed by atoms with Gasteiger partial charge in [0.2, 0.25) is 0 Å². The number of piperazine rings is 1. The summed E-state index contributed by atoms with van der Waals surface area (Å²) < 4.78 is 13.1. The van der Waals surface area contributed by atoms with Crippen molar-refractivity contribution in [2.24, 2.45) is 0 Å². The third-order valence-corrected chi connectivity index (χ3v) is 5.22. The van der Waals surface area contributed by atoms with Gasteiger partial charge in [-0.2, -0.15) is 0 Å². The van der Waals surface area contributed by atoms with Crippen LogP contribution in [0, 0.1) is 5.82 Å². The third-order valence-electron chi connectivity index (χ3n) is 5.22. The molecule has 1 aliphatic rings. The average molecular weight is 397 g/mol. The summed E-state index contributed by atoms with van der Waals surface area (Å²) in [4.78, 5) is 28.9. The molecule has 2 aromatic carbocycles. The van der Waals surface area contributed by atoms with E-state index in [1.807, 2.05) is 4.90 Å². The van der Waals surface area contributed by atoms with Crippen LogP contribution in [0.25, 0.3) is 0 Å². The molecule has 1 N–H and O–H groups in total. The predicted molar refractivity (Wildman–Crippen MR) is 113 cm³/mol. The van der Waals surface area contributed by atoms with Crippen LogP contribution < -0.4 is 10.2 Å². The van der Waals surface area contributed by atoms with Crippen molar-refractivity contribution in [1.29, 1.82) is 0 Å². The van der Waals surface area contributed by atoms with Crippen molar-refractivity contribution in [3.63, 3.8) is 0 Å². The van der Waals surface area contributed by atoms with Crippen LogP contribution in [0.1, 0.15) is 46.9 Å². The summed E-state index contributed by atoms with van der Waals surface area (Å²) in [6, 6.07) is 13.3. The molecule has 1 aliphatic heterocycles. The van der Waals surface area contributed by atoms with Crippen molar-refractivity contribution in [1.82, 2.24) is 10.2 Å². The molecule has 0 spiro atoms. The zero-order valence-corrected chi connectivity index (χ0v) is 16.9. The molecule has 29 heavy (non-hydrogen) atoms. The van der Waals surface area contributed by atoms with E-state index in [1.165, 1.54) is 12.1 Å². The first-order valence-corrected chi connectivity index (χ1v) is 10.3. The summed E-state index contributed by atoms with van der Waals surface area (Å²) in [5.41, 5.74) is 2.12. The van der Waals surface area contributed by atoms with Crippen molar-refractivity contribution in [2.45, 2.75) is 26.2 Å². The number of hydrogen-bond donors (Lipinski definition) is 1. The second-order valence-corrected chi connectivity index (χ2v) is 7.30. The van der Waals surface area contributed by atoms with Crippen molar-refractivity contribution in [3.05, 3.63) is 65.5 Å². The highest BCUT2D eigenvalue weighted by Crippen LogP contribution is 2.18. The van der Waals surface area contributed by atoms with Crippen molar-refractivity contribution in [3.8, 4) is 0 Å². The summed E-state index contributed by atoms with van der Waals surface area (Å²) in [7, 11) is 0. The maximum absolute atomic E-state index is 13.1. The van der Waals surface area contributed by atoms with Gasteiger partial charge in [-0.05, 0) is 55.0 Å². The Kier molecular flexibility index (Phi) is 7.22. The molecule has 1 fully saturated rings. The Bertz CT molecular complexity index is 813. The lowest BCUT2D eigenvalue weighted by Crippen LogP contribution is -2.48. The number of unbranched alkanes of at least 4 members (excludes halogenated alkanes) is 2. The number of rotatable bonds is 7. The molecule has 0 saturated carbocycles. The molecule has 0 unspecified atom stereocenters. The van der Waals surface area contributed by atoms with E-state index >= 15 is 0 Å². The number of halogens is 1. The standard InChI is InChI=1S/C23H28FN3O2/c1-2-3-4-13-25-22(28)18-5-7-19(8-6-18)23(29)27-16-14-26(15-17-27)21-11-9-20(24)10-12-21/h5-12H,2-4,13-17H2,1H3,(H,25,28). The van der Waals surface area contributed by atoms with E-state index in [0.29, 0.717) is 43.9 Å². The van der Waals surface area contributed by atoms with E-state index in [0.717, 1.165) is 24.9 Å². The number of nitrogens with one attached hydrogen (secondary N) is 1. The molecule has 0 bridgehead atoms. The predicted octanol–water partition coefficient (Wildman–Crippen LogP) is 3.71. The van der Waals surface area contributed by atoms with Gasteiger partial charge in [-0.3, -0.25) is 9.59 Å². The maximum Gasteiger partial charge on any atom is 0.253 e. The van der Waals surface area contributed by atoms with Crippen LogP contribution in [0.2, 0.25) is 0 Å². The summed E-state index contributed by atoms with van der Waals surface area (Å²) in [5.74, 6) is -0.382. The minimum Gasteiger partial charge on any atom is -0.368 e. The maximum atomic E-state index is 13.1. The van der Waals surface area contributed by atoms with Gasteiger partial charge >= 0.3 is 0 Å². The van der Waals surface area contributed by atoms with Crippen molar-refractivity contribution in [2.75, 3.05) is 37.6 Å². The summed E-state index contributed by atoms with van der Waals surface area (Å²) in [5, 5.41) is 2.91. The zero-order chi connectivity index (χ0) is 20.6.